The molecular weight excluding hydrogens is 174 g/mol. The van der Waals surface area contributed by atoms with Crippen molar-refractivity contribution >= 4 is 0 Å². The van der Waals surface area contributed by atoms with Crippen molar-refractivity contribution in [3.63, 3.8) is 0 Å². The molecule has 0 saturated carbocycles. The van der Waals surface area contributed by atoms with Crippen LogP contribution in [-0.2, 0) is 0 Å². The minimum Gasteiger partial charge on any atom is -0.363 e. The number of aromatic nitrogens is 1. The van der Waals surface area contributed by atoms with Gasteiger partial charge in [-0.3, -0.25) is 4.90 Å². The molecule has 1 unspecified atom stereocenters. The van der Waals surface area contributed by atoms with E-state index in [1.165, 1.54) is 19.3 Å². The number of aromatic amines is 1. The number of nitrogens with zero attached hydrogens (tertiary/aromatic N) is 2. The maximum atomic E-state index is 9.14. The number of piperidine rings is 1. The summed E-state index contributed by atoms with van der Waals surface area (Å²) < 4.78 is 0. The van der Waals surface area contributed by atoms with Crippen molar-refractivity contribution in [2.45, 2.75) is 25.3 Å². The van der Waals surface area contributed by atoms with E-state index in [0.29, 0.717) is 0 Å². The first-order valence-corrected chi connectivity index (χ1v) is 5.19. The van der Waals surface area contributed by atoms with E-state index in [0.717, 1.165) is 18.8 Å². The van der Waals surface area contributed by atoms with E-state index < -0.39 is 0 Å². The van der Waals surface area contributed by atoms with Crippen molar-refractivity contribution in [1.82, 2.24) is 9.88 Å². The van der Waals surface area contributed by atoms with Gasteiger partial charge in [0.15, 0.2) is 0 Å². The molecule has 0 aliphatic carbocycles. The van der Waals surface area contributed by atoms with Gasteiger partial charge in [0, 0.05) is 11.9 Å². The van der Waals surface area contributed by atoms with Crippen LogP contribution >= 0.6 is 0 Å². The number of H-pyrrole nitrogens is 1. The highest BCUT2D eigenvalue weighted by Crippen LogP contribution is 2.22. The van der Waals surface area contributed by atoms with Gasteiger partial charge in [-0.15, -0.1) is 0 Å². The highest BCUT2D eigenvalue weighted by molar-refractivity contribution is 5.16. The van der Waals surface area contributed by atoms with Crippen molar-refractivity contribution < 1.29 is 0 Å². The molecule has 0 spiro atoms. The third-order valence-corrected chi connectivity index (χ3v) is 2.79. The van der Waals surface area contributed by atoms with E-state index in [9.17, 15) is 0 Å². The van der Waals surface area contributed by atoms with Gasteiger partial charge >= 0.3 is 0 Å². The second-order valence-electron chi connectivity index (χ2n) is 3.75. The van der Waals surface area contributed by atoms with Crippen LogP contribution in [0.1, 0.15) is 31.0 Å². The number of hydrogen-bond acceptors (Lipinski definition) is 2. The predicted octanol–water partition coefficient (Wildman–Crippen LogP) is 2.07. The highest BCUT2D eigenvalue weighted by Gasteiger charge is 2.21. The van der Waals surface area contributed by atoms with Gasteiger partial charge in [-0.25, -0.2) is 0 Å². The number of hydrogen-bond donors (Lipinski definition) is 1. The van der Waals surface area contributed by atoms with Crippen LogP contribution in [0, 0.1) is 11.3 Å². The van der Waals surface area contributed by atoms with Crippen LogP contribution in [-0.4, -0.2) is 23.0 Å². The van der Waals surface area contributed by atoms with Crippen molar-refractivity contribution in [3.05, 3.63) is 24.0 Å². The first-order valence-electron chi connectivity index (χ1n) is 5.19. The zero-order valence-corrected chi connectivity index (χ0v) is 8.24. The summed E-state index contributed by atoms with van der Waals surface area (Å²) in [6.07, 6.45) is 5.63. The van der Waals surface area contributed by atoms with Crippen LogP contribution in [0.25, 0.3) is 0 Å². The van der Waals surface area contributed by atoms with E-state index >= 15 is 0 Å². The summed E-state index contributed by atoms with van der Waals surface area (Å²) in [6, 6.07) is 6.23. The zero-order chi connectivity index (χ0) is 9.80. The third kappa shape index (κ3) is 1.80. The summed E-state index contributed by atoms with van der Waals surface area (Å²) in [4.78, 5) is 5.38. The molecule has 1 fully saturated rings. The number of rotatable bonds is 2. The Morgan fingerprint density at radius 2 is 2.14 bits per heavy atom. The second-order valence-corrected chi connectivity index (χ2v) is 3.75. The SMILES string of the molecule is N#CC(c1ccc[nH]1)N1CCCCC1. The molecule has 2 heterocycles. The van der Waals surface area contributed by atoms with Crippen molar-refractivity contribution in [3.8, 4) is 6.07 Å². The van der Waals surface area contributed by atoms with E-state index in [1.807, 2.05) is 18.3 Å². The largest absolute Gasteiger partial charge is 0.363 e. The average molecular weight is 189 g/mol. The van der Waals surface area contributed by atoms with Gasteiger partial charge in [-0.2, -0.15) is 5.26 Å². The molecule has 1 aliphatic rings. The molecule has 3 heteroatoms. The van der Waals surface area contributed by atoms with Gasteiger partial charge in [0.1, 0.15) is 6.04 Å². The molecule has 1 atom stereocenters. The maximum Gasteiger partial charge on any atom is 0.138 e. The van der Waals surface area contributed by atoms with Gasteiger partial charge < -0.3 is 4.98 Å². The Hall–Kier alpha value is -1.27. The summed E-state index contributed by atoms with van der Waals surface area (Å²) in [5, 5.41) is 9.14. The van der Waals surface area contributed by atoms with Crippen LogP contribution < -0.4 is 0 Å². The molecule has 74 valence electrons. The summed E-state index contributed by atoms with van der Waals surface area (Å²) >= 11 is 0. The number of likely N-dealkylation sites (tertiary alicyclic amines) is 1. The fourth-order valence-electron chi connectivity index (χ4n) is 2.04. The molecule has 1 aliphatic heterocycles. The molecule has 0 amide bonds. The van der Waals surface area contributed by atoms with Crippen LogP contribution in [0.3, 0.4) is 0 Å². The average Bonchev–Trinajstić information content (AvgIpc) is 2.74. The molecule has 0 aromatic carbocycles. The fourth-order valence-corrected chi connectivity index (χ4v) is 2.04. The summed E-state index contributed by atoms with van der Waals surface area (Å²) in [5.74, 6) is 0. The molecule has 1 aromatic heterocycles. The Morgan fingerprint density at radius 1 is 1.36 bits per heavy atom. The van der Waals surface area contributed by atoms with Crippen LogP contribution in [0.15, 0.2) is 18.3 Å². The first kappa shape index (κ1) is 9.29. The van der Waals surface area contributed by atoms with Crippen molar-refractivity contribution in [1.29, 1.82) is 5.26 Å². The normalized spacial score (nSPS) is 20.2. The van der Waals surface area contributed by atoms with Crippen molar-refractivity contribution in [2.75, 3.05) is 13.1 Å². The topological polar surface area (TPSA) is 42.8 Å². The standard InChI is InChI=1S/C11H15N3/c12-9-11(10-5-4-6-13-10)14-7-2-1-3-8-14/h4-6,11,13H,1-3,7-8H2. The van der Waals surface area contributed by atoms with Crippen LogP contribution in [0.4, 0.5) is 0 Å². The van der Waals surface area contributed by atoms with Gasteiger partial charge in [-0.1, -0.05) is 6.42 Å². The van der Waals surface area contributed by atoms with Crippen LogP contribution in [0.2, 0.25) is 0 Å². The van der Waals surface area contributed by atoms with Crippen molar-refractivity contribution in [2.24, 2.45) is 0 Å². The lowest BCUT2D eigenvalue weighted by atomic mass is 10.1. The molecule has 14 heavy (non-hydrogen) atoms. The lowest BCUT2D eigenvalue weighted by Crippen LogP contribution is -2.33. The molecule has 1 N–H and O–H groups in total. The quantitative estimate of drug-likeness (QED) is 0.773. The molecule has 1 saturated heterocycles. The van der Waals surface area contributed by atoms with Gasteiger partial charge in [0.2, 0.25) is 0 Å². The predicted molar refractivity (Wildman–Crippen MR) is 54.6 cm³/mol. The lowest BCUT2D eigenvalue weighted by Gasteiger charge is -2.29. The van der Waals surface area contributed by atoms with E-state index in [-0.39, 0.29) is 6.04 Å². The number of nitriles is 1. The zero-order valence-electron chi connectivity index (χ0n) is 8.24. The van der Waals surface area contributed by atoms with Gasteiger partial charge in [0.25, 0.3) is 0 Å². The number of nitrogens with one attached hydrogen (secondary N) is 1. The van der Waals surface area contributed by atoms with Gasteiger partial charge in [0.05, 0.1) is 6.07 Å². The molecule has 0 radical (unpaired) electrons. The minimum atomic E-state index is -0.0784. The van der Waals surface area contributed by atoms with Crippen LogP contribution in [0.5, 0.6) is 0 Å². The Morgan fingerprint density at radius 3 is 2.71 bits per heavy atom. The lowest BCUT2D eigenvalue weighted by molar-refractivity contribution is 0.194. The fraction of sp³-hybridized carbons (Fsp3) is 0.545. The summed E-state index contributed by atoms with van der Waals surface area (Å²) in [7, 11) is 0. The summed E-state index contributed by atoms with van der Waals surface area (Å²) in [5.41, 5.74) is 1.02. The van der Waals surface area contributed by atoms with E-state index in [1.54, 1.807) is 0 Å². The Bertz CT molecular complexity index is 304. The van der Waals surface area contributed by atoms with E-state index in [2.05, 4.69) is 16.0 Å². The second kappa shape index (κ2) is 4.30. The third-order valence-electron chi connectivity index (χ3n) is 2.79. The molecule has 0 bridgehead atoms. The highest BCUT2D eigenvalue weighted by atomic mass is 15.2. The maximum absolute atomic E-state index is 9.14. The molecule has 1 aromatic rings. The van der Waals surface area contributed by atoms with E-state index in [4.69, 9.17) is 5.26 Å². The Labute approximate surface area is 84.3 Å². The monoisotopic (exact) mass is 189 g/mol. The molecule has 2 rings (SSSR count). The minimum absolute atomic E-state index is 0.0784. The molecular formula is C11H15N3. The Kier molecular flexibility index (Phi) is 2.85. The Balaban J connectivity index is 2.09. The molecule has 3 nitrogen and oxygen atoms in total. The smallest absolute Gasteiger partial charge is 0.138 e. The summed E-state index contributed by atoms with van der Waals surface area (Å²) in [6.45, 7) is 2.11. The first-order chi connectivity index (χ1) is 6.92. The van der Waals surface area contributed by atoms with Gasteiger partial charge in [-0.05, 0) is 38.1 Å².